The Kier molecular flexibility index (Phi) is 6.93. The number of hydrogen-bond acceptors (Lipinski definition) is 6. The van der Waals surface area contributed by atoms with Gasteiger partial charge in [0, 0.05) is 37.9 Å². The number of rotatable bonds is 9. The summed E-state index contributed by atoms with van der Waals surface area (Å²) >= 11 is 0. The highest BCUT2D eigenvalue weighted by Crippen LogP contribution is 2.32. The zero-order chi connectivity index (χ0) is 18.4. The fourth-order valence-electron chi connectivity index (χ4n) is 2.79. The Labute approximate surface area is 150 Å². The molecule has 6 heteroatoms. The van der Waals surface area contributed by atoms with Gasteiger partial charge in [0.05, 0.1) is 12.6 Å². The molecule has 0 spiro atoms. The molecule has 0 aliphatic rings. The van der Waals surface area contributed by atoms with Crippen molar-refractivity contribution in [2.24, 2.45) is 0 Å². The van der Waals surface area contributed by atoms with E-state index >= 15 is 0 Å². The van der Waals surface area contributed by atoms with E-state index in [-0.39, 0.29) is 5.92 Å². The van der Waals surface area contributed by atoms with Crippen molar-refractivity contribution < 1.29 is 9.47 Å². The van der Waals surface area contributed by atoms with Crippen molar-refractivity contribution in [1.82, 2.24) is 15.0 Å². The number of pyridine rings is 1. The summed E-state index contributed by atoms with van der Waals surface area (Å²) in [6.07, 6.45) is 0.950. The van der Waals surface area contributed by atoms with Crippen LogP contribution in [0.15, 0.2) is 6.07 Å². The molecular weight excluding hydrogens is 316 g/mol. The Morgan fingerprint density at radius 3 is 2.52 bits per heavy atom. The van der Waals surface area contributed by atoms with Crippen molar-refractivity contribution in [1.29, 1.82) is 0 Å². The number of aryl methyl sites for hydroxylation is 1. The maximum atomic E-state index is 5.54. The summed E-state index contributed by atoms with van der Waals surface area (Å²) in [6, 6.07) is 2.00. The topological polar surface area (TPSA) is 60.4 Å². The number of anilines is 1. The molecule has 6 nitrogen and oxygen atoms in total. The molecule has 0 unspecified atom stereocenters. The predicted molar refractivity (Wildman–Crippen MR) is 102 cm³/mol. The molecule has 2 rings (SSSR count). The first kappa shape index (κ1) is 19.4. The molecule has 138 valence electrons. The number of aromatic nitrogens is 3. The quantitative estimate of drug-likeness (QED) is 0.645. The third kappa shape index (κ3) is 4.57. The van der Waals surface area contributed by atoms with Gasteiger partial charge in [0.1, 0.15) is 17.0 Å². The van der Waals surface area contributed by atoms with Gasteiger partial charge in [-0.15, -0.1) is 0 Å². The molecule has 0 saturated heterocycles. The first-order valence-electron chi connectivity index (χ1n) is 9.07. The maximum Gasteiger partial charge on any atom is 0.226 e. The van der Waals surface area contributed by atoms with Gasteiger partial charge in [-0.2, -0.15) is 0 Å². The summed E-state index contributed by atoms with van der Waals surface area (Å²) in [4.78, 5) is 16.4. The molecule has 0 aliphatic carbocycles. The molecule has 0 saturated carbocycles. The van der Waals surface area contributed by atoms with Crippen LogP contribution >= 0.6 is 0 Å². The van der Waals surface area contributed by atoms with E-state index in [1.165, 1.54) is 0 Å². The summed E-state index contributed by atoms with van der Waals surface area (Å²) in [6.45, 7) is 13.6. The van der Waals surface area contributed by atoms with E-state index in [1.807, 2.05) is 19.9 Å². The second-order valence-electron chi connectivity index (χ2n) is 6.36. The maximum absolute atomic E-state index is 5.54. The van der Waals surface area contributed by atoms with Crippen molar-refractivity contribution in [3.05, 3.63) is 17.6 Å². The molecular formula is C19H30N4O2. The van der Waals surface area contributed by atoms with Crippen LogP contribution in [0.25, 0.3) is 10.9 Å². The van der Waals surface area contributed by atoms with E-state index in [9.17, 15) is 0 Å². The fraction of sp³-hybridized carbons (Fsp3) is 0.632. The molecule has 0 N–H and O–H groups in total. The van der Waals surface area contributed by atoms with Crippen LogP contribution in [-0.2, 0) is 4.74 Å². The van der Waals surface area contributed by atoms with E-state index in [1.54, 1.807) is 7.11 Å². The average molecular weight is 346 g/mol. The zero-order valence-electron chi connectivity index (χ0n) is 16.3. The van der Waals surface area contributed by atoms with Crippen LogP contribution in [-0.4, -0.2) is 48.4 Å². The normalized spacial score (nSPS) is 11.3. The van der Waals surface area contributed by atoms with Gasteiger partial charge < -0.3 is 14.4 Å². The SMILES string of the molecule is CCOCCCN(CC)c1nc(C(C)C)nc2cc(C)nc(OC)c12. The number of fused-ring (bicyclic) bond motifs is 1. The third-order valence-corrected chi connectivity index (χ3v) is 4.08. The smallest absolute Gasteiger partial charge is 0.226 e. The van der Waals surface area contributed by atoms with Crippen LogP contribution in [0.3, 0.4) is 0 Å². The Morgan fingerprint density at radius 1 is 1.16 bits per heavy atom. The molecule has 0 radical (unpaired) electrons. The molecule has 2 aromatic rings. The highest BCUT2D eigenvalue weighted by Gasteiger charge is 2.19. The molecule has 2 aromatic heterocycles. The molecule has 0 aromatic carbocycles. The van der Waals surface area contributed by atoms with Crippen LogP contribution < -0.4 is 9.64 Å². The summed E-state index contributed by atoms with van der Waals surface area (Å²) in [5.74, 6) is 2.59. The Bertz CT molecular complexity index is 703. The van der Waals surface area contributed by atoms with Crippen LogP contribution in [0.4, 0.5) is 5.82 Å². The van der Waals surface area contributed by atoms with Crippen molar-refractivity contribution in [3.63, 3.8) is 0 Å². The van der Waals surface area contributed by atoms with Crippen LogP contribution in [0.5, 0.6) is 5.88 Å². The standard InChI is InChI=1S/C19H30N4O2/c1-7-23(10-9-11-25-8-2)18-16-15(21-17(22-18)13(3)4)12-14(5)20-19(16)24-6/h12-13H,7-11H2,1-6H3. The fourth-order valence-corrected chi connectivity index (χ4v) is 2.79. The van der Waals surface area contributed by atoms with Crippen molar-refractivity contribution in [3.8, 4) is 5.88 Å². The lowest BCUT2D eigenvalue weighted by molar-refractivity contribution is 0.146. The zero-order valence-corrected chi connectivity index (χ0v) is 16.3. The minimum atomic E-state index is 0.254. The second kappa shape index (κ2) is 8.94. The number of ether oxygens (including phenoxy) is 2. The van der Waals surface area contributed by atoms with Crippen molar-refractivity contribution in [2.75, 3.05) is 38.3 Å². The van der Waals surface area contributed by atoms with Gasteiger partial charge in [-0.3, -0.25) is 0 Å². The predicted octanol–water partition coefficient (Wildman–Crippen LogP) is 3.72. The second-order valence-corrected chi connectivity index (χ2v) is 6.36. The number of hydrogen-bond donors (Lipinski definition) is 0. The summed E-state index contributed by atoms with van der Waals surface area (Å²) in [7, 11) is 1.65. The molecule has 0 amide bonds. The molecule has 0 aliphatic heterocycles. The number of methoxy groups -OCH3 is 1. The highest BCUT2D eigenvalue weighted by atomic mass is 16.5. The monoisotopic (exact) mass is 346 g/mol. The highest BCUT2D eigenvalue weighted by molar-refractivity contribution is 5.94. The summed E-state index contributed by atoms with van der Waals surface area (Å²) in [5, 5.41) is 0.885. The van der Waals surface area contributed by atoms with E-state index in [0.717, 1.165) is 61.0 Å². The lowest BCUT2D eigenvalue weighted by Gasteiger charge is -2.25. The van der Waals surface area contributed by atoms with Crippen molar-refractivity contribution in [2.45, 2.75) is 47.0 Å². The Morgan fingerprint density at radius 2 is 1.92 bits per heavy atom. The van der Waals surface area contributed by atoms with Gasteiger partial charge in [0.25, 0.3) is 0 Å². The van der Waals surface area contributed by atoms with Gasteiger partial charge in [0.15, 0.2) is 0 Å². The molecule has 0 fully saturated rings. The Hall–Kier alpha value is -1.95. The van der Waals surface area contributed by atoms with E-state index in [4.69, 9.17) is 19.4 Å². The Balaban J connectivity index is 2.53. The number of nitrogens with zero attached hydrogens (tertiary/aromatic N) is 4. The average Bonchev–Trinajstić information content (AvgIpc) is 2.60. The van der Waals surface area contributed by atoms with Gasteiger partial charge in [-0.25, -0.2) is 15.0 Å². The third-order valence-electron chi connectivity index (χ3n) is 4.08. The lowest BCUT2D eigenvalue weighted by atomic mass is 10.1. The minimum absolute atomic E-state index is 0.254. The molecule has 0 atom stereocenters. The van der Waals surface area contributed by atoms with E-state index < -0.39 is 0 Å². The van der Waals surface area contributed by atoms with Crippen LogP contribution in [0.2, 0.25) is 0 Å². The largest absolute Gasteiger partial charge is 0.480 e. The first-order valence-corrected chi connectivity index (χ1v) is 9.07. The lowest BCUT2D eigenvalue weighted by Crippen LogP contribution is -2.27. The van der Waals surface area contributed by atoms with Crippen molar-refractivity contribution >= 4 is 16.7 Å². The van der Waals surface area contributed by atoms with E-state index in [2.05, 4.69) is 30.7 Å². The van der Waals surface area contributed by atoms with E-state index in [0.29, 0.717) is 5.88 Å². The summed E-state index contributed by atoms with van der Waals surface area (Å²) in [5.41, 5.74) is 1.78. The molecule has 25 heavy (non-hydrogen) atoms. The molecule has 2 heterocycles. The summed E-state index contributed by atoms with van der Waals surface area (Å²) < 4.78 is 11.0. The van der Waals surface area contributed by atoms with Gasteiger partial charge in [-0.1, -0.05) is 13.8 Å². The van der Waals surface area contributed by atoms with Crippen LogP contribution in [0, 0.1) is 6.92 Å². The van der Waals surface area contributed by atoms with Gasteiger partial charge in [-0.05, 0) is 33.3 Å². The van der Waals surface area contributed by atoms with Gasteiger partial charge in [0.2, 0.25) is 5.88 Å². The van der Waals surface area contributed by atoms with Crippen LogP contribution in [0.1, 0.15) is 51.6 Å². The molecule has 0 bridgehead atoms. The minimum Gasteiger partial charge on any atom is -0.480 e. The van der Waals surface area contributed by atoms with Gasteiger partial charge >= 0.3 is 0 Å². The first-order chi connectivity index (χ1) is 12.0.